The summed E-state index contributed by atoms with van der Waals surface area (Å²) in [4.78, 5) is 21.0. The number of anilines is 2. The van der Waals surface area contributed by atoms with Crippen molar-refractivity contribution in [3.63, 3.8) is 0 Å². The van der Waals surface area contributed by atoms with Crippen LogP contribution in [0.1, 0.15) is 12.8 Å². The van der Waals surface area contributed by atoms with Crippen LogP contribution in [0, 0.1) is 5.92 Å². The minimum absolute atomic E-state index is 0.0420. The van der Waals surface area contributed by atoms with Gasteiger partial charge in [-0.1, -0.05) is 41.4 Å². The summed E-state index contributed by atoms with van der Waals surface area (Å²) in [5.41, 5.74) is 1.64. The Morgan fingerprint density at radius 2 is 1.77 bits per heavy atom. The van der Waals surface area contributed by atoms with E-state index in [2.05, 4.69) is 15.2 Å². The van der Waals surface area contributed by atoms with Crippen LogP contribution in [0.5, 0.6) is 0 Å². The number of benzene rings is 1. The molecule has 1 N–H and O–H groups in total. The fourth-order valence-corrected chi connectivity index (χ4v) is 4.54. The summed E-state index contributed by atoms with van der Waals surface area (Å²) in [6.45, 7) is 2.32. The van der Waals surface area contributed by atoms with E-state index in [1.807, 2.05) is 35.2 Å². The molecule has 2 bridgehead atoms. The van der Waals surface area contributed by atoms with Crippen molar-refractivity contribution < 1.29 is 4.79 Å². The van der Waals surface area contributed by atoms with Gasteiger partial charge in [0, 0.05) is 37.7 Å². The molecule has 0 aliphatic carbocycles. The first-order valence-corrected chi connectivity index (χ1v) is 9.54. The van der Waals surface area contributed by atoms with E-state index in [1.165, 1.54) is 0 Å². The van der Waals surface area contributed by atoms with Gasteiger partial charge in [0.2, 0.25) is 0 Å². The lowest BCUT2D eigenvalue weighted by Crippen LogP contribution is -2.49. The maximum Gasteiger partial charge on any atom is 0.322 e. The van der Waals surface area contributed by atoms with Crippen LogP contribution in [0.25, 0.3) is 0 Å². The van der Waals surface area contributed by atoms with Gasteiger partial charge >= 0.3 is 6.03 Å². The number of aromatic nitrogens is 1. The highest BCUT2D eigenvalue weighted by atomic mass is 35.5. The van der Waals surface area contributed by atoms with Crippen LogP contribution in [0.3, 0.4) is 0 Å². The van der Waals surface area contributed by atoms with Gasteiger partial charge in [0.25, 0.3) is 0 Å². The quantitative estimate of drug-likeness (QED) is 0.819. The van der Waals surface area contributed by atoms with Crippen molar-refractivity contribution in [3.05, 3.63) is 52.8 Å². The third kappa shape index (κ3) is 3.46. The SMILES string of the molecule is O=C(Nc1ccccc1)N1CC2CCC1CN(c1c(Cl)cncc1Cl)C2. The van der Waals surface area contributed by atoms with Crippen molar-refractivity contribution in [2.45, 2.75) is 18.9 Å². The first-order valence-electron chi connectivity index (χ1n) is 8.78. The third-order valence-corrected chi connectivity index (χ3v) is 5.70. The first kappa shape index (κ1) is 17.4. The van der Waals surface area contributed by atoms with Crippen molar-refractivity contribution in [1.29, 1.82) is 0 Å². The van der Waals surface area contributed by atoms with Gasteiger partial charge in [0.05, 0.1) is 21.8 Å². The van der Waals surface area contributed by atoms with Crippen LogP contribution in [0.2, 0.25) is 10.0 Å². The maximum atomic E-state index is 12.8. The number of hydrogen-bond donors (Lipinski definition) is 1. The Kier molecular flexibility index (Phi) is 4.92. The average Bonchev–Trinajstić information content (AvgIpc) is 2.94. The summed E-state index contributed by atoms with van der Waals surface area (Å²) in [5, 5.41) is 4.12. The van der Waals surface area contributed by atoms with Crippen LogP contribution in [0.15, 0.2) is 42.7 Å². The van der Waals surface area contributed by atoms with Crippen LogP contribution in [0.4, 0.5) is 16.2 Å². The molecule has 5 nitrogen and oxygen atoms in total. The minimum Gasteiger partial charge on any atom is -0.367 e. The number of fused-ring (bicyclic) bond motifs is 4. The van der Waals surface area contributed by atoms with Gasteiger partial charge in [-0.25, -0.2) is 4.79 Å². The largest absolute Gasteiger partial charge is 0.367 e. The molecule has 26 heavy (non-hydrogen) atoms. The minimum atomic E-state index is -0.0420. The molecule has 3 saturated heterocycles. The topological polar surface area (TPSA) is 48.5 Å². The molecule has 2 aromatic rings. The average molecular weight is 391 g/mol. The Hall–Kier alpha value is -1.98. The number of pyridine rings is 1. The number of halogens is 2. The number of nitrogens with one attached hydrogen (secondary N) is 1. The highest BCUT2D eigenvalue weighted by Gasteiger charge is 2.38. The molecule has 1 aromatic carbocycles. The van der Waals surface area contributed by atoms with E-state index >= 15 is 0 Å². The predicted octanol–water partition coefficient (Wildman–Crippen LogP) is 4.52. The molecule has 136 valence electrons. The van der Waals surface area contributed by atoms with E-state index in [-0.39, 0.29) is 12.1 Å². The van der Waals surface area contributed by atoms with Gasteiger partial charge in [-0.15, -0.1) is 0 Å². The molecule has 7 heteroatoms. The molecule has 2 unspecified atom stereocenters. The number of carbonyl (C=O) groups is 1. The molecular formula is C19H20Cl2N4O. The number of hydrogen-bond acceptors (Lipinski definition) is 3. The molecule has 3 aliphatic rings. The van der Waals surface area contributed by atoms with Gasteiger partial charge in [-0.2, -0.15) is 0 Å². The van der Waals surface area contributed by atoms with E-state index < -0.39 is 0 Å². The number of para-hydroxylation sites is 1. The van der Waals surface area contributed by atoms with E-state index in [0.717, 1.165) is 43.9 Å². The fourth-order valence-electron chi connectivity index (χ4n) is 3.94. The Balaban J connectivity index is 1.54. The zero-order chi connectivity index (χ0) is 18.1. The van der Waals surface area contributed by atoms with Crippen LogP contribution in [-0.2, 0) is 0 Å². The summed E-state index contributed by atoms with van der Waals surface area (Å²) in [6.07, 6.45) is 5.34. The Labute approximate surface area is 162 Å². The fraction of sp³-hybridized carbons (Fsp3) is 0.368. The number of urea groups is 1. The molecule has 5 rings (SSSR count). The second kappa shape index (κ2) is 7.33. The van der Waals surface area contributed by atoms with Gasteiger partial charge in [0.15, 0.2) is 0 Å². The van der Waals surface area contributed by atoms with Crippen LogP contribution >= 0.6 is 23.2 Å². The molecular weight excluding hydrogens is 371 g/mol. The summed E-state index contributed by atoms with van der Waals surface area (Å²) in [7, 11) is 0. The van der Waals surface area contributed by atoms with Crippen LogP contribution < -0.4 is 10.2 Å². The predicted molar refractivity (Wildman–Crippen MR) is 105 cm³/mol. The molecule has 0 radical (unpaired) electrons. The van der Waals surface area contributed by atoms with Crippen LogP contribution in [-0.4, -0.2) is 41.6 Å². The monoisotopic (exact) mass is 390 g/mol. The smallest absolute Gasteiger partial charge is 0.322 e. The summed E-state index contributed by atoms with van der Waals surface area (Å²) >= 11 is 12.7. The van der Waals surface area contributed by atoms with Crippen molar-refractivity contribution in [3.8, 4) is 0 Å². The van der Waals surface area contributed by atoms with Crippen molar-refractivity contribution in [1.82, 2.24) is 9.88 Å². The van der Waals surface area contributed by atoms with Gasteiger partial charge < -0.3 is 15.1 Å². The second-order valence-electron chi connectivity index (χ2n) is 6.90. The Morgan fingerprint density at radius 3 is 2.50 bits per heavy atom. The highest BCUT2D eigenvalue weighted by molar-refractivity contribution is 6.38. The number of rotatable bonds is 2. The Bertz CT molecular complexity index is 781. The van der Waals surface area contributed by atoms with Gasteiger partial charge in [-0.05, 0) is 30.9 Å². The Morgan fingerprint density at radius 1 is 1.04 bits per heavy atom. The molecule has 3 fully saturated rings. The molecule has 0 spiro atoms. The summed E-state index contributed by atoms with van der Waals surface area (Å²) in [5.74, 6) is 0.399. The normalized spacial score (nSPS) is 22.2. The van der Waals surface area contributed by atoms with Gasteiger partial charge in [0.1, 0.15) is 0 Å². The van der Waals surface area contributed by atoms with E-state index in [4.69, 9.17) is 23.2 Å². The lowest BCUT2D eigenvalue weighted by molar-refractivity contribution is 0.154. The first-order chi connectivity index (χ1) is 12.6. The number of nitrogens with zero attached hydrogens (tertiary/aromatic N) is 3. The zero-order valence-corrected chi connectivity index (χ0v) is 15.7. The summed E-state index contributed by atoms with van der Waals surface area (Å²) < 4.78 is 0. The molecule has 3 aliphatic heterocycles. The standard InChI is InChI=1S/C19H20Cl2N4O/c20-16-8-22-9-17(21)18(16)24-10-13-6-7-15(12-24)25(11-13)19(26)23-14-4-2-1-3-5-14/h1-5,8-9,13,15H,6-7,10-12H2,(H,23,26). The zero-order valence-electron chi connectivity index (χ0n) is 14.2. The lowest BCUT2D eigenvalue weighted by atomic mass is 9.95. The molecule has 1 aromatic heterocycles. The molecule has 0 saturated carbocycles. The molecule has 2 amide bonds. The number of piperidine rings is 1. The summed E-state index contributed by atoms with van der Waals surface area (Å²) in [6, 6.07) is 9.66. The maximum absolute atomic E-state index is 12.8. The van der Waals surface area contributed by atoms with E-state index in [1.54, 1.807) is 12.4 Å². The van der Waals surface area contributed by atoms with E-state index in [0.29, 0.717) is 16.0 Å². The van der Waals surface area contributed by atoms with Gasteiger partial charge in [-0.3, -0.25) is 4.98 Å². The number of amides is 2. The molecule has 2 atom stereocenters. The van der Waals surface area contributed by atoms with E-state index in [9.17, 15) is 4.79 Å². The van der Waals surface area contributed by atoms with Crippen molar-refractivity contribution >= 4 is 40.6 Å². The third-order valence-electron chi connectivity index (χ3n) is 5.14. The van der Waals surface area contributed by atoms with Crippen molar-refractivity contribution in [2.75, 3.05) is 29.9 Å². The second-order valence-corrected chi connectivity index (χ2v) is 7.72. The number of carbonyl (C=O) groups excluding carboxylic acids is 1. The highest BCUT2D eigenvalue weighted by Crippen LogP contribution is 2.37. The molecule has 4 heterocycles. The van der Waals surface area contributed by atoms with Crippen molar-refractivity contribution in [2.24, 2.45) is 5.92 Å². The lowest BCUT2D eigenvalue weighted by Gasteiger charge is -2.36.